The Morgan fingerprint density at radius 3 is 2.42 bits per heavy atom. The monoisotopic (exact) mass is 366 g/mol. The van der Waals surface area contributed by atoms with E-state index in [1.54, 1.807) is 0 Å². The van der Waals surface area contributed by atoms with Gasteiger partial charge in [0.2, 0.25) is 0 Å². The number of non-ortho nitro benzene ring substituents is 2. The fourth-order valence-corrected chi connectivity index (χ4v) is 2.83. The van der Waals surface area contributed by atoms with Gasteiger partial charge < -0.3 is 10.1 Å². The number of morpholine rings is 1. The predicted molar refractivity (Wildman–Crippen MR) is 93.1 cm³/mol. The van der Waals surface area contributed by atoms with Crippen LogP contribution in [0.4, 0.5) is 11.4 Å². The largest absolute Gasteiger partial charge is 0.374 e. The zero-order valence-corrected chi connectivity index (χ0v) is 14.7. The molecule has 10 heteroatoms. The van der Waals surface area contributed by atoms with Crippen molar-refractivity contribution in [3.63, 3.8) is 0 Å². The minimum absolute atomic E-state index is 0.124. The van der Waals surface area contributed by atoms with Gasteiger partial charge in [0.05, 0.1) is 34.2 Å². The zero-order valence-electron chi connectivity index (χ0n) is 14.7. The van der Waals surface area contributed by atoms with E-state index in [1.807, 2.05) is 0 Å². The lowest BCUT2D eigenvalue weighted by Gasteiger charge is -2.33. The summed E-state index contributed by atoms with van der Waals surface area (Å²) >= 11 is 0. The Morgan fingerprint density at radius 2 is 1.88 bits per heavy atom. The minimum atomic E-state index is -0.766. The minimum Gasteiger partial charge on any atom is -0.374 e. The Balaban J connectivity index is 2.01. The third kappa shape index (κ3) is 5.46. The fraction of sp³-hybridized carbons (Fsp3) is 0.562. The molecule has 0 aromatic heterocycles. The maximum absolute atomic E-state index is 12.3. The van der Waals surface area contributed by atoms with Gasteiger partial charge in [-0.2, -0.15) is 0 Å². The Labute approximate surface area is 150 Å². The smallest absolute Gasteiger partial charge is 0.277 e. The number of nitro benzene ring substituents is 2. The molecule has 1 aromatic carbocycles. The molecule has 1 atom stereocenters. The molecule has 0 saturated carbocycles. The first kappa shape index (κ1) is 19.7. The van der Waals surface area contributed by atoms with Gasteiger partial charge in [-0.05, 0) is 5.92 Å². The standard InChI is InChI=1S/C16H22N4O6/c1-11(2)9-18-3-4-26-15(10-18)8-17-16(21)12-5-13(19(22)23)7-14(6-12)20(24)25/h5-7,11,15H,3-4,8-10H2,1-2H3,(H,17,21). The number of rotatable bonds is 7. The summed E-state index contributed by atoms with van der Waals surface area (Å²) < 4.78 is 5.63. The Kier molecular flexibility index (Phi) is 6.58. The van der Waals surface area contributed by atoms with Gasteiger partial charge in [0.25, 0.3) is 17.3 Å². The molecule has 1 fully saturated rings. The lowest BCUT2D eigenvalue weighted by Crippen LogP contribution is -2.48. The molecule has 0 spiro atoms. The van der Waals surface area contributed by atoms with E-state index in [0.717, 1.165) is 31.3 Å². The van der Waals surface area contributed by atoms with Gasteiger partial charge in [0.15, 0.2) is 0 Å². The number of carbonyl (C=O) groups is 1. The van der Waals surface area contributed by atoms with Gasteiger partial charge in [-0.3, -0.25) is 29.9 Å². The fourth-order valence-electron chi connectivity index (χ4n) is 2.83. The number of nitrogens with zero attached hydrogens (tertiary/aromatic N) is 3. The van der Waals surface area contributed by atoms with Crippen molar-refractivity contribution >= 4 is 17.3 Å². The van der Waals surface area contributed by atoms with Crippen LogP contribution in [0.3, 0.4) is 0 Å². The third-order valence-corrected chi connectivity index (χ3v) is 3.92. The van der Waals surface area contributed by atoms with Gasteiger partial charge in [-0.25, -0.2) is 0 Å². The zero-order chi connectivity index (χ0) is 19.3. The van der Waals surface area contributed by atoms with Crippen LogP contribution in [-0.2, 0) is 4.74 Å². The number of nitrogens with one attached hydrogen (secondary N) is 1. The molecule has 142 valence electrons. The van der Waals surface area contributed by atoms with E-state index in [4.69, 9.17) is 4.74 Å². The number of hydrogen-bond donors (Lipinski definition) is 1. The molecule has 26 heavy (non-hydrogen) atoms. The van der Waals surface area contributed by atoms with E-state index in [2.05, 4.69) is 24.1 Å². The molecule has 1 N–H and O–H groups in total. The van der Waals surface area contributed by atoms with E-state index < -0.39 is 27.1 Å². The van der Waals surface area contributed by atoms with Gasteiger partial charge in [-0.1, -0.05) is 13.8 Å². The molecule has 1 aromatic rings. The van der Waals surface area contributed by atoms with E-state index in [9.17, 15) is 25.0 Å². The van der Waals surface area contributed by atoms with E-state index in [0.29, 0.717) is 19.1 Å². The van der Waals surface area contributed by atoms with Crippen LogP contribution in [0.5, 0.6) is 0 Å². The molecule has 0 radical (unpaired) electrons. The maximum atomic E-state index is 12.3. The van der Waals surface area contributed by atoms with Crippen LogP contribution < -0.4 is 5.32 Å². The van der Waals surface area contributed by atoms with Crippen molar-refractivity contribution in [2.24, 2.45) is 5.92 Å². The molecule has 1 unspecified atom stereocenters. The van der Waals surface area contributed by atoms with Crippen molar-refractivity contribution in [1.29, 1.82) is 0 Å². The third-order valence-electron chi connectivity index (χ3n) is 3.92. The summed E-state index contributed by atoms with van der Waals surface area (Å²) in [5.74, 6) is -0.0878. The van der Waals surface area contributed by atoms with E-state index in [-0.39, 0.29) is 18.2 Å². The molecule has 1 aliphatic rings. The van der Waals surface area contributed by atoms with Crippen molar-refractivity contribution < 1.29 is 19.4 Å². The van der Waals surface area contributed by atoms with Gasteiger partial charge in [0.1, 0.15) is 0 Å². The summed E-state index contributed by atoms with van der Waals surface area (Å²) in [6.07, 6.45) is -0.194. The second kappa shape index (κ2) is 8.68. The summed E-state index contributed by atoms with van der Waals surface area (Å²) in [7, 11) is 0. The van der Waals surface area contributed by atoms with Crippen LogP contribution >= 0.6 is 0 Å². The molecule has 10 nitrogen and oxygen atoms in total. The van der Waals surface area contributed by atoms with Crippen LogP contribution in [0, 0.1) is 26.1 Å². The molecule has 2 rings (SSSR count). The maximum Gasteiger partial charge on any atom is 0.277 e. The number of ether oxygens (including phenoxy) is 1. The molecule has 1 saturated heterocycles. The van der Waals surface area contributed by atoms with Crippen molar-refractivity contribution in [3.8, 4) is 0 Å². The first-order chi connectivity index (χ1) is 12.3. The number of benzene rings is 1. The average Bonchev–Trinajstić information content (AvgIpc) is 2.58. The van der Waals surface area contributed by atoms with Gasteiger partial charge in [-0.15, -0.1) is 0 Å². The lowest BCUT2D eigenvalue weighted by atomic mass is 10.1. The van der Waals surface area contributed by atoms with Crippen molar-refractivity contribution in [3.05, 3.63) is 44.0 Å². The quantitative estimate of drug-likeness (QED) is 0.573. The van der Waals surface area contributed by atoms with Gasteiger partial charge >= 0.3 is 0 Å². The molecular formula is C16H22N4O6. The molecule has 1 aliphatic heterocycles. The molecule has 0 bridgehead atoms. The molecular weight excluding hydrogens is 344 g/mol. The summed E-state index contributed by atoms with van der Waals surface area (Å²) in [4.78, 5) is 34.8. The highest BCUT2D eigenvalue weighted by atomic mass is 16.6. The lowest BCUT2D eigenvalue weighted by molar-refractivity contribution is -0.394. The predicted octanol–water partition coefficient (Wildman–Crippen LogP) is 1.59. The topological polar surface area (TPSA) is 128 Å². The first-order valence-corrected chi connectivity index (χ1v) is 8.32. The van der Waals surface area contributed by atoms with Crippen LogP contribution in [0.1, 0.15) is 24.2 Å². The average molecular weight is 366 g/mol. The Hall–Kier alpha value is -2.59. The second-order valence-electron chi connectivity index (χ2n) is 6.61. The van der Waals surface area contributed by atoms with Crippen LogP contribution in [0.25, 0.3) is 0 Å². The molecule has 1 amide bonds. The number of hydrogen-bond acceptors (Lipinski definition) is 7. The Bertz CT molecular complexity index is 661. The summed E-state index contributed by atoms with van der Waals surface area (Å²) in [6, 6.07) is 2.87. The van der Waals surface area contributed by atoms with E-state index >= 15 is 0 Å². The van der Waals surface area contributed by atoms with Crippen molar-refractivity contribution in [1.82, 2.24) is 10.2 Å². The highest BCUT2D eigenvalue weighted by Gasteiger charge is 2.23. The van der Waals surface area contributed by atoms with Crippen molar-refractivity contribution in [2.75, 3.05) is 32.8 Å². The Morgan fingerprint density at radius 1 is 1.27 bits per heavy atom. The number of nitro groups is 2. The van der Waals surface area contributed by atoms with E-state index in [1.165, 1.54) is 0 Å². The summed E-state index contributed by atoms with van der Waals surface area (Å²) in [5, 5.41) is 24.5. The van der Waals surface area contributed by atoms with Crippen molar-refractivity contribution in [2.45, 2.75) is 20.0 Å². The second-order valence-corrected chi connectivity index (χ2v) is 6.61. The van der Waals surface area contributed by atoms with Crippen LogP contribution in [0.15, 0.2) is 18.2 Å². The van der Waals surface area contributed by atoms with Crippen LogP contribution in [-0.4, -0.2) is 59.5 Å². The summed E-state index contributed by atoms with van der Waals surface area (Å²) in [6.45, 7) is 7.49. The molecule has 1 heterocycles. The SMILES string of the molecule is CC(C)CN1CCOC(CNC(=O)c2cc([N+](=O)[O-])cc([N+](=O)[O-])c2)C1. The highest BCUT2D eigenvalue weighted by Crippen LogP contribution is 2.22. The van der Waals surface area contributed by atoms with Gasteiger partial charge in [0, 0.05) is 38.3 Å². The molecule has 0 aliphatic carbocycles. The summed E-state index contributed by atoms with van der Waals surface area (Å²) in [5.41, 5.74) is -1.12. The highest BCUT2D eigenvalue weighted by molar-refractivity contribution is 5.95. The number of carbonyl (C=O) groups excluding carboxylic acids is 1. The first-order valence-electron chi connectivity index (χ1n) is 8.32. The van der Waals surface area contributed by atoms with Crippen LogP contribution in [0.2, 0.25) is 0 Å². The normalized spacial score (nSPS) is 17.9. The number of amides is 1.